The minimum atomic E-state index is -0.671. The van der Waals surface area contributed by atoms with Gasteiger partial charge in [0, 0.05) is 37.3 Å². The number of nitrogens with two attached hydrogens (primary N) is 3. The predicted octanol–water partition coefficient (Wildman–Crippen LogP) is 3.29. The third kappa shape index (κ3) is 8.33. The summed E-state index contributed by atoms with van der Waals surface area (Å²) in [5.41, 5.74) is 21.0. The van der Waals surface area contributed by atoms with Gasteiger partial charge in [-0.3, -0.25) is 33.9 Å². The summed E-state index contributed by atoms with van der Waals surface area (Å²) in [5.74, 6) is -1.34. The van der Waals surface area contributed by atoms with E-state index < -0.39 is 23.6 Å². The number of thiazole rings is 1. The first kappa shape index (κ1) is 40.1. The molecule has 0 aliphatic heterocycles. The van der Waals surface area contributed by atoms with E-state index in [1.807, 2.05) is 26.0 Å². The van der Waals surface area contributed by atoms with Crippen LogP contribution in [0, 0.1) is 13.8 Å². The smallest absolute Gasteiger partial charge is 0.297 e. The molecular formula is C38H44N12O6S. The summed E-state index contributed by atoms with van der Waals surface area (Å²) in [6.45, 7) is 9.36. The topological polar surface area (TPSA) is 248 Å². The molecule has 0 aliphatic rings. The molecule has 6 aromatic rings. The first-order valence-corrected chi connectivity index (χ1v) is 19.0. The number of aromatic nitrogens is 7. The van der Waals surface area contributed by atoms with Crippen LogP contribution in [-0.4, -0.2) is 77.6 Å². The fraction of sp³-hybridized carbons (Fsp3) is 0.316. The van der Waals surface area contributed by atoms with Gasteiger partial charge in [-0.15, -0.1) is 0 Å². The minimum Gasteiger partial charge on any atom is -0.494 e. The molecule has 0 aliphatic carbocycles. The normalized spacial score (nSPS) is 11.9. The summed E-state index contributed by atoms with van der Waals surface area (Å²) in [6.07, 6.45) is 4.26. The monoisotopic (exact) mass is 796 g/mol. The average molecular weight is 797 g/mol. The van der Waals surface area contributed by atoms with Crippen LogP contribution in [0.2, 0.25) is 0 Å². The van der Waals surface area contributed by atoms with E-state index in [4.69, 9.17) is 31.7 Å². The SMILES string of the molecule is CCn1nc(C)cc1C(=O)/N=c1\sc2cc(C(N)=O)cc(OC)c2n1C/C=C/Cn1c(NC(=O)c2cc(C)nn2CC)nc2cc(C(N)=O)cc(OCCCN)c21. The minimum absolute atomic E-state index is 0.174. The van der Waals surface area contributed by atoms with Crippen LogP contribution in [-0.2, 0) is 26.2 Å². The number of rotatable bonds is 16. The summed E-state index contributed by atoms with van der Waals surface area (Å²) in [7, 11) is 1.48. The van der Waals surface area contributed by atoms with E-state index in [1.54, 1.807) is 68.7 Å². The highest BCUT2D eigenvalue weighted by Gasteiger charge is 2.22. The van der Waals surface area contributed by atoms with Crippen LogP contribution in [0.3, 0.4) is 0 Å². The van der Waals surface area contributed by atoms with Gasteiger partial charge in [-0.1, -0.05) is 23.5 Å². The second kappa shape index (κ2) is 17.0. The summed E-state index contributed by atoms with van der Waals surface area (Å²) in [5, 5.41) is 11.7. The van der Waals surface area contributed by atoms with Gasteiger partial charge in [0.25, 0.3) is 11.8 Å². The van der Waals surface area contributed by atoms with Crippen LogP contribution in [0.4, 0.5) is 5.95 Å². The Labute approximate surface area is 330 Å². The zero-order valence-corrected chi connectivity index (χ0v) is 33.1. The van der Waals surface area contributed by atoms with Crippen LogP contribution in [0.25, 0.3) is 21.3 Å². The second-order valence-electron chi connectivity index (χ2n) is 12.9. The van der Waals surface area contributed by atoms with E-state index in [0.717, 1.165) is 0 Å². The Morgan fingerprint density at radius 3 is 2.09 bits per heavy atom. The van der Waals surface area contributed by atoms with Crippen LogP contribution in [0.5, 0.6) is 11.5 Å². The van der Waals surface area contributed by atoms with Crippen molar-refractivity contribution in [2.75, 3.05) is 25.6 Å². The Hall–Kier alpha value is -6.60. The standard InChI is InChI=1S/C38H44N12O6S/c1-6-49-26(15-21(3)45-49)35(53)43-37-42-25-17-23(33(40)51)19-29(56-14-10-11-39)31(25)47(37)12-8-9-13-48-32-28(55-5)18-24(34(41)52)20-30(32)57-38(48)44-36(54)27-16-22(4)46-50(27)7-2/h8-9,15-20H,6-7,10-14,39H2,1-5H3,(H2,40,51)(H2,41,52)(H,42,43,53)/b9-8+,44-38-. The van der Waals surface area contributed by atoms with Crippen LogP contribution in [0.1, 0.15) is 73.3 Å². The van der Waals surface area contributed by atoms with Crippen LogP contribution < -0.4 is 36.8 Å². The van der Waals surface area contributed by atoms with Gasteiger partial charge < -0.3 is 35.8 Å². The third-order valence-electron chi connectivity index (χ3n) is 8.96. The summed E-state index contributed by atoms with van der Waals surface area (Å²) >= 11 is 1.20. The summed E-state index contributed by atoms with van der Waals surface area (Å²) < 4.78 is 19.2. The van der Waals surface area contributed by atoms with Gasteiger partial charge in [0.05, 0.1) is 35.3 Å². The lowest BCUT2D eigenvalue weighted by molar-refractivity contribution is 0.0982. The number of methoxy groups -OCH3 is 1. The average Bonchev–Trinajstić information content (AvgIpc) is 3.95. The van der Waals surface area contributed by atoms with Crippen molar-refractivity contribution in [3.63, 3.8) is 0 Å². The quantitative estimate of drug-likeness (QED) is 0.0822. The highest BCUT2D eigenvalue weighted by molar-refractivity contribution is 7.16. The van der Waals surface area contributed by atoms with E-state index in [-0.39, 0.29) is 36.8 Å². The first-order chi connectivity index (χ1) is 27.4. The molecule has 0 saturated carbocycles. The number of anilines is 1. The number of nitrogens with zero attached hydrogens (tertiary/aromatic N) is 8. The number of carbonyl (C=O) groups is 4. The second-order valence-corrected chi connectivity index (χ2v) is 14.0. The fourth-order valence-electron chi connectivity index (χ4n) is 6.34. The van der Waals surface area contributed by atoms with Crippen molar-refractivity contribution in [3.05, 3.63) is 87.3 Å². The fourth-order valence-corrected chi connectivity index (χ4v) is 7.44. The Kier molecular flexibility index (Phi) is 12.0. The Bertz CT molecular complexity index is 2630. The molecule has 0 unspecified atom stereocenters. The Morgan fingerprint density at radius 1 is 0.842 bits per heavy atom. The summed E-state index contributed by atoms with van der Waals surface area (Å²) in [4.78, 5) is 61.4. The van der Waals surface area contributed by atoms with Gasteiger partial charge in [0.2, 0.25) is 17.8 Å². The number of hydrogen-bond donors (Lipinski definition) is 4. The van der Waals surface area contributed by atoms with Gasteiger partial charge >= 0.3 is 0 Å². The Morgan fingerprint density at radius 2 is 1.46 bits per heavy atom. The van der Waals surface area contributed by atoms with Gasteiger partial charge in [-0.05, 0) is 77.1 Å². The number of amides is 4. The number of imidazole rings is 1. The number of aryl methyl sites for hydroxylation is 4. The highest BCUT2D eigenvalue weighted by Crippen LogP contribution is 2.32. The van der Waals surface area contributed by atoms with Crippen molar-refractivity contribution in [1.29, 1.82) is 0 Å². The molecule has 0 bridgehead atoms. The van der Waals surface area contributed by atoms with Gasteiger partial charge in [0.1, 0.15) is 33.9 Å². The molecule has 4 heterocycles. The van der Waals surface area contributed by atoms with Gasteiger partial charge in [0.15, 0.2) is 4.80 Å². The number of fused-ring (bicyclic) bond motifs is 2. The lowest BCUT2D eigenvalue weighted by Gasteiger charge is -2.13. The lowest BCUT2D eigenvalue weighted by atomic mass is 10.1. The zero-order chi connectivity index (χ0) is 41.0. The number of benzene rings is 2. The van der Waals surface area contributed by atoms with Crippen molar-refractivity contribution in [2.24, 2.45) is 22.2 Å². The van der Waals surface area contributed by atoms with E-state index in [9.17, 15) is 19.2 Å². The molecule has 19 heteroatoms. The number of nitrogens with one attached hydrogen (secondary N) is 1. The van der Waals surface area contributed by atoms with Gasteiger partial charge in [-0.2, -0.15) is 15.2 Å². The van der Waals surface area contributed by atoms with E-state index in [1.165, 1.54) is 18.4 Å². The zero-order valence-electron chi connectivity index (χ0n) is 32.2. The van der Waals surface area contributed by atoms with E-state index in [2.05, 4.69) is 20.5 Å². The number of ether oxygens (including phenoxy) is 2. The number of primary amides is 2. The molecule has 6 rings (SSSR count). The molecule has 0 radical (unpaired) electrons. The number of allylic oxidation sites excluding steroid dienone is 2. The van der Waals surface area contributed by atoms with Crippen molar-refractivity contribution < 1.29 is 28.7 Å². The molecule has 7 N–H and O–H groups in total. The van der Waals surface area contributed by atoms with Gasteiger partial charge in [-0.25, -0.2) is 4.98 Å². The number of carbonyl (C=O) groups excluding carboxylic acids is 4. The molecule has 4 aromatic heterocycles. The predicted molar refractivity (Wildman–Crippen MR) is 215 cm³/mol. The molecule has 18 nitrogen and oxygen atoms in total. The first-order valence-electron chi connectivity index (χ1n) is 18.2. The molecule has 0 atom stereocenters. The van der Waals surface area contributed by atoms with Crippen molar-refractivity contribution in [1.82, 2.24) is 33.7 Å². The molecule has 298 valence electrons. The number of hydrogen-bond acceptors (Lipinski definition) is 11. The van der Waals surface area contributed by atoms with Crippen LogP contribution >= 0.6 is 11.3 Å². The third-order valence-corrected chi connectivity index (χ3v) is 9.99. The molecule has 0 fully saturated rings. The molecule has 0 spiro atoms. The maximum atomic E-state index is 13.7. The van der Waals surface area contributed by atoms with E-state index >= 15 is 0 Å². The van der Waals surface area contributed by atoms with Crippen molar-refractivity contribution in [2.45, 2.75) is 60.3 Å². The molecule has 4 amide bonds. The highest BCUT2D eigenvalue weighted by atomic mass is 32.1. The maximum absolute atomic E-state index is 13.7. The van der Waals surface area contributed by atoms with Crippen molar-refractivity contribution in [3.8, 4) is 11.5 Å². The Balaban J connectivity index is 1.44. The largest absolute Gasteiger partial charge is 0.494 e. The van der Waals surface area contributed by atoms with Crippen molar-refractivity contribution >= 4 is 62.2 Å². The van der Waals surface area contributed by atoms with Crippen LogP contribution in [0.15, 0.2) is 53.5 Å². The lowest BCUT2D eigenvalue weighted by Crippen LogP contribution is -2.20. The molecule has 2 aromatic carbocycles. The summed E-state index contributed by atoms with van der Waals surface area (Å²) in [6, 6.07) is 9.64. The molecular weight excluding hydrogens is 753 g/mol. The molecule has 0 saturated heterocycles. The van der Waals surface area contributed by atoms with E-state index in [0.29, 0.717) is 86.4 Å². The molecule has 57 heavy (non-hydrogen) atoms. The maximum Gasteiger partial charge on any atom is 0.297 e.